The molecule has 20 heavy (non-hydrogen) atoms. The summed E-state index contributed by atoms with van der Waals surface area (Å²) in [6.45, 7) is 0.488. The first-order valence-corrected chi connectivity index (χ1v) is 7.31. The highest BCUT2D eigenvalue weighted by molar-refractivity contribution is 5.85. The molecule has 2 aliphatic rings. The lowest BCUT2D eigenvalue weighted by Crippen LogP contribution is -2.45. The fourth-order valence-corrected chi connectivity index (χ4v) is 3.32. The molecule has 2 saturated carbocycles. The third kappa shape index (κ3) is 2.84. The molecule has 1 amide bonds. The second-order valence-corrected chi connectivity index (χ2v) is 6.02. The van der Waals surface area contributed by atoms with Crippen LogP contribution in [0.25, 0.3) is 0 Å². The molecular formula is C16H23ClN2O. The molecule has 3 rings (SSSR count). The summed E-state index contributed by atoms with van der Waals surface area (Å²) in [6.07, 6.45) is 5.25. The number of nitrogens with one attached hydrogen (secondary N) is 1. The molecule has 1 aromatic carbocycles. The fourth-order valence-electron chi connectivity index (χ4n) is 3.32. The van der Waals surface area contributed by atoms with E-state index in [9.17, 15) is 4.79 Å². The van der Waals surface area contributed by atoms with Crippen LogP contribution in [0.15, 0.2) is 30.3 Å². The van der Waals surface area contributed by atoms with Crippen LogP contribution in [0.3, 0.4) is 0 Å². The summed E-state index contributed by atoms with van der Waals surface area (Å²) in [6, 6.07) is 10.8. The van der Waals surface area contributed by atoms with Crippen LogP contribution in [-0.2, 0) is 4.79 Å². The summed E-state index contributed by atoms with van der Waals surface area (Å²) in [5.41, 5.74) is 6.91. The smallest absolute Gasteiger partial charge is 0.227 e. The minimum atomic E-state index is -0.274. The van der Waals surface area contributed by atoms with E-state index in [1.54, 1.807) is 0 Å². The number of carbonyl (C=O) groups is 1. The molecule has 0 heterocycles. The Kier molecular flexibility index (Phi) is 4.71. The number of amides is 1. The Morgan fingerprint density at radius 1 is 1.25 bits per heavy atom. The highest BCUT2D eigenvalue weighted by atomic mass is 35.5. The molecule has 3 N–H and O–H groups in total. The summed E-state index contributed by atoms with van der Waals surface area (Å²) >= 11 is 0. The first kappa shape index (κ1) is 15.3. The van der Waals surface area contributed by atoms with Crippen molar-refractivity contribution in [3.63, 3.8) is 0 Å². The molecule has 2 unspecified atom stereocenters. The molecule has 2 fully saturated rings. The molecule has 2 atom stereocenters. The molecule has 0 radical (unpaired) electrons. The zero-order chi connectivity index (χ0) is 13.3. The second-order valence-electron chi connectivity index (χ2n) is 6.02. The Balaban J connectivity index is 0.00000147. The van der Waals surface area contributed by atoms with Crippen molar-refractivity contribution in [3.05, 3.63) is 35.9 Å². The Morgan fingerprint density at radius 2 is 1.90 bits per heavy atom. The maximum atomic E-state index is 12.4. The molecule has 4 heteroatoms. The predicted molar refractivity (Wildman–Crippen MR) is 82.9 cm³/mol. The van der Waals surface area contributed by atoms with Gasteiger partial charge in [0.15, 0.2) is 0 Å². The predicted octanol–water partition coefficient (Wildman–Crippen LogP) is 2.60. The van der Waals surface area contributed by atoms with Gasteiger partial charge in [-0.05, 0) is 24.8 Å². The van der Waals surface area contributed by atoms with Crippen molar-refractivity contribution < 1.29 is 4.79 Å². The number of benzene rings is 1. The SMILES string of the molecule is Cl.NCC1(C(=O)NC2CC2c2ccccc2)CCCC1. The first-order valence-electron chi connectivity index (χ1n) is 7.31. The number of rotatable bonds is 4. The van der Waals surface area contributed by atoms with Crippen LogP contribution < -0.4 is 11.1 Å². The number of carbonyl (C=O) groups excluding carboxylic acids is 1. The first-order chi connectivity index (χ1) is 9.25. The maximum Gasteiger partial charge on any atom is 0.227 e. The van der Waals surface area contributed by atoms with Gasteiger partial charge in [-0.1, -0.05) is 43.2 Å². The molecule has 3 nitrogen and oxygen atoms in total. The molecule has 1 aromatic rings. The van der Waals surface area contributed by atoms with E-state index in [0.717, 1.165) is 32.1 Å². The number of hydrogen-bond donors (Lipinski definition) is 2. The van der Waals surface area contributed by atoms with E-state index >= 15 is 0 Å². The van der Waals surface area contributed by atoms with E-state index in [2.05, 4.69) is 29.6 Å². The lowest BCUT2D eigenvalue weighted by Gasteiger charge is -2.25. The zero-order valence-electron chi connectivity index (χ0n) is 11.7. The number of halogens is 1. The monoisotopic (exact) mass is 294 g/mol. The Bertz CT molecular complexity index is 457. The number of nitrogens with two attached hydrogens (primary N) is 1. The van der Waals surface area contributed by atoms with Crippen molar-refractivity contribution >= 4 is 18.3 Å². The lowest BCUT2D eigenvalue weighted by atomic mass is 9.85. The Labute approximate surface area is 126 Å². The maximum absolute atomic E-state index is 12.4. The van der Waals surface area contributed by atoms with Crippen LogP contribution in [0.2, 0.25) is 0 Å². The van der Waals surface area contributed by atoms with Crippen molar-refractivity contribution in [1.82, 2.24) is 5.32 Å². The molecule has 0 aliphatic heterocycles. The lowest BCUT2D eigenvalue weighted by molar-refractivity contribution is -0.130. The summed E-state index contributed by atoms with van der Waals surface area (Å²) in [5.74, 6) is 0.692. The van der Waals surface area contributed by atoms with E-state index < -0.39 is 0 Å². The minimum Gasteiger partial charge on any atom is -0.352 e. The average molecular weight is 295 g/mol. The van der Waals surface area contributed by atoms with Gasteiger partial charge < -0.3 is 11.1 Å². The average Bonchev–Trinajstić information content (AvgIpc) is 3.04. The van der Waals surface area contributed by atoms with Crippen molar-refractivity contribution in [2.45, 2.75) is 44.1 Å². The van der Waals surface area contributed by atoms with Gasteiger partial charge in [0.25, 0.3) is 0 Å². The van der Waals surface area contributed by atoms with Gasteiger partial charge in [0.05, 0.1) is 5.41 Å². The van der Waals surface area contributed by atoms with Crippen LogP contribution in [0.4, 0.5) is 0 Å². The summed E-state index contributed by atoms with van der Waals surface area (Å²) in [7, 11) is 0. The molecule has 0 spiro atoms. The van der Waals surface area contributed by atoms with E-state index in [4.69, 9.17) is 5.73 Å². The van der Waals surface area contributed by atoms with E-state index in [1.807, 2.05) is 6.07 Å². The van der Waals surface area contributed by atoms with Gasteiger partial charge in [-0.25, -0.2) is 0 Å². The van der Waals surface area contributed by atoms with Crippen molar-refractivity contribution in [3.8, 4) is 0 Å². The van der Waals surface area contributed by atoms with Crippen LogP contribution in [0.5, 0.6) is 0 Å². The Hall–Kier alpha value is -1.06. The van der Waals surface area contributed by atoms with E-state index in [1.165, 1.54) is 5.56 Å². The van der Waals surface area contributed by atoms with Gasteiger partial charge in [-0.2, -0.15) is 0 Å². The molecule has 0 aromatic heterocycles. The highest BCUT2D eigenvalue weighted by Crippen LogP contribution is 2.43. The largest absolute Gasteiger partial charge is 0.352 e. The molecule has 2 aliphatic carbocycles. The summed E-state index contributed by atoms with van der Waals surface area (Å²) in [5, 5.41) is 3.22. The van der Waals surface area contributed by atoms with Gasteiger partial charge in [0.1, 0.15) is 0 Å². The topological polar surface area (TPSA) is 55.1 Å². The minimum absolute atomic E-state index is 0. The van der Waals surface area contributed by atoms with Crippen LogP contribution >= 0.6 is 12.4 Å². The molecule has 0 saturated heterocycles. The van der Waals surface area contributed by atoms with Crippen molar-refractivity contribution in [1.29, 1.82) is 0 Å². The van der Waals surface area contributed by atoms with E-state index in [-0.39, 0.29) is 23.7 Å². The standard InChI is InChI=1S/C16H22N2O.ClH/c17-11-16(8-4-5-9-16)15(19)18-14-10-13(14)12-6-2-1-3-7-12;/h1-3,6-7,13-14H,4-5,8-11,17H2,(H,18,19);1H. The van der Waals surface area contributed by atoms with Gasteiger partial charge in [0.2, 0.25) is 5.91 Å². The zero-order valence-corrected chi connectivity index (χ0v) is 12.5. The van der Waals surface area contributed by atoms with Gasteiger partial charge in [0, 0.05) is 18.5 Å². The third-order valence-electron chi connectivity index (χ3n) is 4.77. The van der Waals surface area contributed by atoms with Crippen LogP contribution in [-0.4, -0.2) is 18.5 Å². The van der Waals surface area contributed by atoms with Crippen molar-refractivity contribution in [2.75, 3.05) is 6.54 Å². The van der Waals surface area contributed by atoms with Crippen molar-refractivity contribution in [2.24, 2.45) is 11.1 Å². The summed E-state index contributed by atoms with van der Waals surface area (Å²) in [4.78, 5) is 12.4. The molecular weight excluding hydrogens is 272 g/mol. The van der Waals surface area contributed by atoms with Gasteiger partial charge >= 0.3 is 0 Å². The van der Waals surface area contributed by atoms with Gasteiger partial charge in [-0.15, -0.1) is 12.4 Å². The fraction of sp³-hybridized carbons (Fsp3) is 0.562. The highest BCUT2D eigenvalue weighted by Gasteiger charge is 2.45. The quantitative estimate of drug-likeness (QED) is 0.897. The Morgan fingerprint density at radius 3 is 2.50 bits per heavy atom. The summed E-state index contributed by atoms with van der Waals surface area (Å²) < 4.78 is 0. The molecule has 0 bridgehead atoms. The second kappa shape index (κ2) is 6.15. The normalized spacial score (nSPS) is 26.6. The van der Waals surface area contributed by atoms with Gasteiger partial charge in [-0.3, -0.25) is 4.79 Å². The van der Waals surface area contributed by atoms with Crippen LogP contribution in [0, 0.1) is 5.41 Å². The van der Waals surface area contributed by atoms with Crippen LogP contribution in [0.1, 0.15) is 43.6 Å². The number of hydrogen-bond acceptors (Lipinski definition) is 2. The molecule has 110 valence electrons. The third-order valence-corrected chi connectivity index (χ3v) is 4.77. The van der Waals surface area contributed by atoms with E-state index in [0.29, 0.717) is 18.5 Å².